The Morgan fingerprint density at radius 3 is 2.18 bits per heavy atom. The van der Waals surface area contributed by atoms with E-state index in [9.17, 15) is 13.2 Å². The maximum Gasteiger partial charge on any atom is 0.261 e. The molecule has 34 heavy (non-hydrogen) atoms. The van der Waals surface area contributed by atoms with Gasteiger partial charge >= 0.3 is 0 Å². The lowest BCUT2D eigenvalue weighted by Gasteiger charge is -2.09. The smallest absolute Gasteiger partial charge is 0.261 e. The number of thiazole rings is 1. The normalized spacial score (nSPS) is 11.2. The Hall–Kier alpha value is -3.14. The number of amides is 1. The average molecular weight is 510 g/mol. The molecule has 0 atom stereocenters. The van der Waals surface area contributed by atoms with E-state index in [4.69, 9.17) is 0 Å². The van der Waals surface area contributed by atoms with Crippen LogP contribution in [0.3, 0.4) is 0 Å². The Kier molecular flexibility index (Phi) is 7.35. The van der Waals surface area contributed by atoms with Crippen molar-refractivity contribution in [1.29, 1.82) is 0 Å². The van der Waals surface area contributed by atoms with Crippen molar-refractivity contribution in [3.8, 4) is 11.3 Å². The zero-order valence-electron chi connectivity index (χ0n) is 18.6. The highest BCUT2D eigenvalue weighted by molar-refractivity contribution is 8.00. The fourth-order valence-electron chi connectivity index (χ4n) is 3.04. The van der Waals surface area contributed by atoms with Gasteiger partial charge in [0.05, 0.1) is 16.3 Å². The molecular weight excluding hydrogens is 486 g/mol. The molecule has 6 nitrogen and oxygen atoms in total. The summed E-state index contributed by atoms with van der Waals surface area (Å²) in [5.41, 5.74) is 4.47. The molecule has 1 aromatic heterocycles. The van der Waals surface area contributed by atoms with Gasteiger partial charge in [-0.3, -0.25) is 9.52 Å². The van der Waals surface area contributed by atoms with Crippen molar-refractivity contribution in [2.75, 3.05) is 15.8 Å². The first kappa shape index (κ1) is 24.0. The van der Waals surface area contributed by atoms with Crippen molar-refractivity contribution in [2.24, 2.45) is 0 Å². The third kappa shape index (κ3) is 6.25. The molecule has 0 unspecified atom stereocenters. The van der Waals surface area contributed by atoms with Crippen LogP contribution in [0, 0.1) is 13.8 Å². The molecule has 4 aromatic rings. The number of nitrogens with one attached hydrogen (secondary N) is 2. The molecule has 0 bridgehead atoms. The van der Waals surface area contributed by atoms with Gasteiger partial charge in [0, 0.05) is 21.5 Å². The van der Waals surface area contributed by atoms with Gasteiger partial charge < -0.3 is 5.32 Å². The quantitative estimate of drug-likeness (QED) is 0.286. The van der Waals surface area contributed by atoms with Crippen molar-refractivity contribution < 1.29 is 13.2 Å². The molecule has 0 radical (unpaired) electrons. The van der Waals surface area contributed by atoms with Gasteiger partial charge in [0.2, 0.25) is 5.91 Å². The zero-order chi connectivity index (χ0) is 24.1. The van der Waals surface area contributed by atoms with Crippen LogP contribution in [0.15, 0.2) is 88.0 Å². The summed E-state index contributed by atoms with van der Waals surface area (Å²) < 4.78 is 27.6. The van der Waals surface area contributed by atoms with Crippen molar-refractivity contribution in [1.82, 2.24) is 4.98 Å². The molecule has 174 valence electrons. The lowest BCUT2D eigenvalue weighted by molar-refractivity contribution is -0.113. The number of aromatic nitrogens is 1. The molecule has 0 saturated heterocycles. The number of hydrogen-bond donors (Lipinski definition) is 2. The van der Waals surface area contributed by atoms with Crippen LogP contribution in [0.1, 0.15) is 11.1 Å². The molecule has 0 aliphatic carbocycles. The SMILES string of the molecule is Cc1ccc(-c2csc(NC(=O)CSc3ccc(NS(=O)(=O)c4ccc(C)cc4)cc3)n2)cc1. The van der Waals surface area contributed by atoms with Gasteiger partial charge in [-0.1, -0.05) is 47.5 Å². The van der Waals surface area contributed by atoms with Gasteiger partial charge in [-0.05, 0) is 50.2 Å². The third-order valence-corrected chi connectivity index (χ3v) is 8.07. The number of nitrogens with zero attached hydrogens (tertiary/aromatic N) is 1. The highest BCUT2D eigenvalue weighted by Gasteiger charge is 2.14. The van der Waals surface area contributed by atoms with Crippen LogP contribution in [0.5, 0.6) is 0 Å². The van der Waals surface area contributed by atoms with E-state index in [0.717, 1.165) is 21.7 Å². The standard InChI is InChI=1S/C25H23N3O3S3/c1-17-3-7-19(8-4-17)23-15-33-25(26-23)27-24(29)16-32-21-11-9-20(10-12-21)28-34(30,31)22-13-5-18(2)6-14-22/h3-15,28H,16H2,1-2H3,(H,26,27,29). The number of hydrogen-bond acceptors (Lipinski definition) is 6. The fourth-order valence-corrected chi connectivity index (χ4v) is 5.54. The molecule has 0 saturated carbocycles. The molecule has 4 rings (SSSR count). The fraction of sp³-hybridized carbons (Fsp3) is 0.120. The highest BCUT2D eigenvalue weighted by atomic mass is 32.2. The summed E-state index contributed by atoms with van der Waals surface area (Å²) in [6.07, 6.45) is 0. The van der Waals surface area contributed by atoms with Gasteiger partial charge in [0.1, 0.15) is 0 Å². The number of anilines is 2. The van der Waals surface area contributed by atoms with Crippen LogP contribution in [0.2, 0.25) is 0 Å². The Labute approximate surface area is 207 Å². The van der Waals surface area contributed by atoms with Crippen LogP contribution < -0.4 is 10.0 Å². The number of carbonyl (C=O) groups is 1. The average Bonchev–Trinajstić information content (AvgIpc) is 3.27. The van der Waals surface area contributed by atoms with Crippen molar-refractivity contribution >= 4 is 49.8 Å². The number of carbonyl (C=O) groups excluding carboxylic acids is 1. The molecule has 0 fully saturated rings. The van der Waals surface area contributed by atoms with E-state index in [1.165, 1.54) is 28.7 Å². The molecule has 1 heterocycles. The summed E-state index contributed by atoms with van der Waals surface area (Å²) in [7, 11) is -3.65. The molecule has 0 aliphatic rings. The molecule has 1 amide bonds. The number of sulfonamides is 1. The van der Waals surface area contributed by atoms with Gasteiger partial charge in [0.15, 0.2) is 5.13 Å². The highest BCUT2D eigenvalue weighted by Crippen LogP contribution is 2.26. The Morgan fingerprint density at radius 1 is 0.912 bits per heavy atom. The monoisotopic (exact) mass is 509 g/mol. The molecular formula is C25H23N3O3S3. The van der Waals surface area contributed by atoms with E-state index in [2.05, 4.69) is 15.0 Å². The summed E-state index contributed by atoms with van der Waals surface area (Å²) in [5.74, 6) is 0.0624. The molecule has 0 spiro atoms. The third-order valence-electron chi connectivity index (χ3n) is 4.91. The van der Waals surface area contributed by atoms with Crippen molar-refractivity contribution in [2.45, 2.75) is 23.6 Å². The minimum atomic E-state index is -3.65. The van der Waals surface area contributed by atoms with Gasteiger partial charge in [-0.25, -0.2) is 13.4 Å². The largest absolute Gasteiger partial charge is 0.301 e. The van der Waals surface area contributed by atoms with Crippen LogP contribution >= 0.6 is 23.1 Å². The molecule has 0 aliphatic heterocycles. The summed E-state index contributed by atoms with van der Waals surface area (Å²) in [5, 5.41) is 5.31. The maximum absolute atomic E-state index is 12.5. The predicted molar refractivity (Wildman–Crippen MR) is 140 cm³/mol. The molecule has 9 heteroatoms. The lowest BCUT2D eigenvalue weighted by atomic mass is 10.1. The minimum absolute atomic E-state index is 0.154. The summed E-state index contributed by atoms with van der Waals surface area (Å²) in [4.78, 5) is 17.9. The van der Waals surface area contributed by atoms with E-state index in [-0.39, 0.29) is 16.6 Å². The summed E-state index contributed by atoms with van der Waals surface area (Å²) in [6.45, 7) is 3.94. The zero-order valence-corrected chi connectivity index (χ0v) is 21.1. The molecule has 2 N–H and O–H groups in total. The van der Waals surface area contributed by atoms with Crippen LogP contribution in [-0.2, 0) is 14.8 Å². The van der Waals surface area contributed by atoms with Crippen molar-refractivity contribution in [3.05, 3.63) is 89.3 Å². The maximum atomic E-state index is 12.5. The Bertz CT molecular complexity index is 1380. The van der Waals surface area contributed by atoms with Gasteiger partial charge in [-0.2, -0.15) is 0 Å². The first-order chi connectivity index (χ1) is 16.3. The Morgan fingerprint density at radius 2 is 1.53 bits per heavy atom. The van der Waals surface area contributed by atoms with E-state index in [1.54, 1.807) is 48.5 Å². The van der Waals surface area contributed by atoms with Crippen LogP contribution in [0.25, 0.3) is 11.3 Å². The van der Waals surface area contributed by atoms with E-state index in [1.807, 2.05) is 43.5 Å². The predicted octanol–water partition coefficient (Wildman–Crippen LogP) is 5.96. The second-order valence-electron chi connectivity index (χ2n) is 7.68. The van der Waals surface area contributed by atoms with E-state index < -0.39 is 10.0 Å². The number of aryl methyl sites for hydroxylation is 2. The first-order valence-electron chi connectivity index (χ1n) is 10.4. The Balaban J connectivity index is 1.30. The number of thioether (sulfide) groups is 1. The first-order valence-corrected chi connectivity index (χ1v) is 13.8. The second kappa shape index (κ2) is 10.4. The minimum Gasteiger partial charge on any atom is -0.301 e. The number of benzene rings is 3. The molecule has 3 aromatic carbocycles. The lowest BCUT2D eigenvalue weighted by Crippen LogP contribution is -2.14. The van der Waals surface area contributed by atoms with Gasteiger partial charge in [0.25, 0.3) is 10.0 Å². The summed E-state index contributed by atoms with van der Waals surface area (Å²) >= 11 is 2.75. The second-order valence-corrected chi connectivity index (χ2v) is 11.3. The van der Waals surface area contributed by atoms with E-state index in [0.29, 0.717) is 10.8 Å². The summed E-state index contributed by atoms with van der Waals surface area (Å²) in [6, 6.07) is 21.7. The topological polar surface area (TPSA) is 88.2 Å². The van der Waals surface area contributed by atoms with Crippen molar-refractivity contribution in [3.63, 3.8) is 0 Å². The van der Waals surface area contributed by atoms with Crippen LogP contribution in [-0.4, -0.2) is 25.1 Å². The van der Waals surface area contributed by atoms with Gasteiger partial charge in [-0.15, -0.1) is 23.1 Å². The van der Waals surface area contributed by atoms with Crippen LogP contribution in [0.4, 0.5) is 10.8 Å². The number of rotatable bonds is 8. The van der Waals surface area contributed by atoms with E-state index >= 15 is 0 Å².